The van der Waals surface area contributed by atoms with Crippen molar-refractivity contribution < 1.29 is 4.79 Å². The number of amides is 1. The highest BCUT2D eigenvalue weighted by molar-refractivity contribution is 6.32. The first-order valence-electron chi connectivity index (χ1n) is 6.11. The van der Waals surface area contributed by atoms with E-state index in [-0.39, 0.29) is 11.9 Å². The molecule has 0 spiro atoms. The van der Waals surface area contributed by atoms with Gasteiger partial charge in [0.2, 0.25) is 0 Å². The Morgan fingerprint density at radius 2 is 2.05 bits per heavy atom. The lowest BCUT2D eigenvalue weighted by atomic mass is 10.2. The van der Waals surface area contributed by atoms with Crippen LogP contribution in [0.15, 0.2) is 30.5 Å². The molecule has 2 rings (SSSR count). The third kappa shape index (κ3) is 2.79. The van der Waals surface area contributed by atoms with Gasteiger partial charge in [-0.25, -0.2) is 4.68 Å². The number of halogens is 1. The zero-order valence-corrected chi connectivity index (χ0v) is 11.9. The quantitative estimate of drug-likeness (QED) is 0.937. The van der Waals surface area contributed by atoms with Gasteiger partial charge in [0.05, 0.1) is 28.2 Å². The number of hydrogen-bond acceptors (Lipinski definition) is 2. The van der Waals surface area contributed by atoms with Gasteiger partial charge in [0.25, 0.3) is 5.91 Å². The molecule has 0 bridgehead atoms. The van der Waals surface area contributed by atoms with Crippen LogP contribution in [0.5, 0.6) is 0 Å². The molecule has 0 fully saturated rings. The average Bonchev–Trinajstić information content (AvgIpc) is 2.71. The van der Waals surface area contributed by atoms with Crippen LogP contribution in [0.4, 0.5) is 0 Å². The van der Waals surface area contributed by atoms with Crippen LogP contribution in [0.2, 0.25) is 5.02 Å². The highest BCUT2D eigenvalue weighted by atomic mass is 35.5. The van der Waals surface area contributed by atoms with Crippen molar-refractivity contribution in [2.45, 2.75) is 26.8 Å². The molecule has 2 aromatic rings. The van der Waals surface area contributed by atoms with Gasteiger partial charge in [0, 0.05) is 6.04 Å². The molecule has 1 heterocycles. The van der Waals surface area contributed by atoms with Crippen molar-refractivity contribution in [2.75, 3.05) is 0 Å². The van der Waals surface area contributed by atoms with Crippen molar-refractivity contribution in [3.63, 3.8) is 0 Å². The molecule has 5 heteroatoms. The van der Waals surface area contributed by atoms with E-state index < -0.39 is 0 Å². The Morgan fingerprint density at radius 1 is 1.37 bits per heavy atom. The zero-order chi connectivity index (χ0) is 14.0. The summed E-state index contributed by atoms with van der Waals surface area (Å²) >= 11 is 6.14. The molecule has 100 valence electrons. The van der Waals surface area contributed by atoms with Gasteiger partial charge in [0.15, 0.2) is 0 Å². The van der Waals surface area contributed by atoms with E-state index in [0.29, 0.717) is 10.6 Å². The molecule has 1 amide bonds. The predicted molar refractivity (Wildman–Crippen MR) is 75.9 cm³/mol. The molecule has 1 aromatic heterocycles. The summed E-state index contributed by atoms with van der Waals surface area (Å²) in [5.41, 5.74) is 2.10. The largest absolute Gasteiger partial charge is 0.350 e. The number of aromatic nitrogens is 2. The SMILES string of the molecule is Cc1c(C(=O)NC(C)C)cnn1-c1ccccc1Cl. The number of nitrogens with zero attached hydrogens (tertiary/aromatic N) is 2. The van der Waals surface area contributed by atoms with Crippen LogP contribution < -0.4 is 5.32 Å². The first kappa shape index (κ1) is 13.6. The van der Waals surface area contributed by atoms with E-state index >= 15 is 0 Å². The van der Waals surface area contributed by atoms with Gasteiger partial charge in [-0.1, -0.05) is 23.7 Å². The van der Waals surface area contributed by atoms with E-state index in [1.165, 1.54) is 0 Å². The summed E-state index contributed by atoms with van der Waals surface area (Å²) in [5.74, 6) is -0.120. The van der Waals surface area contributed by atoms with Crippen LogP contribution in [0.3, 0.4) is 0 Å². The van der Waals surface area contributed by atoms with Crippen molar-refractivity contribution in [3.05, 3.63) is 46.7 Å². The minimum absolute atomic E-state index is 0.0931. The van der Waals surface area contributed by atoms with Crippen LogP contribution in [0.25, 0.3) is 5.69 Å². The van der Waals surface area contributed by atoms with E-state index in [1.54, 1.807) is 16.9 Å². The Hall–Kier alpha value is -1.81. The molecule has 0 radical (unpaired) electrons. The molecule has 0 saturated heterocycles. The topological polar surface area (TPSA) is 46.9 Å². The number of benzene rings is 1. The Morgan fingerprint density at radius 3 is 2.68 bits per heavy atom. The second-order valence-corrected chi connectivity index (χ2v) is 5.04. The van der Waals surface area contributed by atoms with Crippen molar-refractivity contribution in [2.24, 2.45) is 0 Å². The maximum Gasteiger partial charge on any atom is 0.254 e. The van der Waals surface area contributed by atoms with Crippen molar-refractivity contribution in [1.29, 1.82) is 0 Å². The molecule has 4 nitrogen and oxygen atoms in total. The van der Waals surface area contributed by atoms with Gasteiger partial charge >= 0.3 is 0 Å². The van der Waals surface area contributed by atoms with Crippen LogP contribution in [-0.4, -0.2) is 21.7 Å². The molecule has 0 aliphatic rings. The van der Waals surface area contributed by atoms with Crippen molar-refractivity contribution in [3.8, 4) is 5.69 Å². The minimum Gasteiger partial charge on any atom is -0.350 e. The van der Waals surface area contributed by atoms with E-state index in [0.717, 1.165) is 11.4 Å². The van der Waals surface area contributed by atoms with Gasteiger partial charge in [0.1, 0.15) is 0 Å². The smallest absolute Gasteiger partial charge is 0.254 e. The molecule has 0 unspecified atom stereocenters. The second kappa shape index (κ2) is 5.45. The Kier molecular flexibility index (Phi) is 3.90. The number of rotatable bonds is 3. The third-order valence-corrected chi connectivity index (χ3v) is 3.07. The predicted octanol–water partition coefficient (Wildman–Crippen LogP) is 2.97. The Bertz CT molecular complexity index is 604. The average molecular weight is 278 g/mol. The fourth-order valence-corrected chi connectivity index (χ4v) is 2.05. The molecule has 0 saturated carbocycles. The van der Waals surface area contributed by atoms with Crippen molar-refractivity contribution >= 4 is 17.5 Å². The van der Waals surface area contributed by atoms with Gasteiger partial charge in [-0.15, -0.1) is 0 Å². The summed E-state index contributed by atoms with van der Waals surface area (Å²) in [6, 6.07) is 7.50. The van der Waals surface area contributed by atoms with Crippen LogP contribution >= 0.6 is 11.6 Å². The molecule has 1 N–H and O–H groups in total. The van der Waals surface area contributed by atoms with E-state index in [2.05, 4.69) is 10.4 Å². The fourth-order valence-electron chi connectivity index (χ4n) is 1.84. The van der Waals surface area contributed by atoms with Crippen LogP contribution in [-0.2, 0) is 0 Å². The lowest BCUT2D eigenvalue weighted by Crippen LogP contribution is -2.30. The number of carbonyl (C=O) groups is 1. The maximum absolute atomic E-state index is 12.0. The number of para-hydroxylation sites is 1. The van der Waals surface area contributed by atoms with Gasteiger partial charge < -0.3 is 5.32 Å². The number of nitrogens with one attached hydrogen (secondary N) is 1. The normalized spacial score (nSPS) is 10.8. The Balaban J connectivity index is 2.39. The molecule has 1 aromatic carbocycles. The van der Waals surface area contributed by atoms with Gasteiger partial charge in [-0.3, -0.25) is 4.79 Å². The monoisotopic (exact) mass is 277 g/mol. The number of hydrogen-bond donors (Lipinski definition) is 1. The molecular weight excluding hydrogens is 262 g/mol. The minimum atomic E-state index is -0.120. The van der Waals surface area contributed by atoms with Gasteiger partial charge in [-0.05, 0) is 32.9 Å². The fraction of sp³-hybridized carbons (Fsp3) is 0.286. The molecule has 0 aliphatic carbocycles. The van der Waals surface area contributed by atoms with Gasteiger partial charge in [-0.2, -0.15) is 5.10 Å². The lowest BCUT2D eigenvalue weighted by molar-refractivity contribution is 0.0942. The Labute approximate surface area is 117 Å². The summed E-state index contributed by atoms with van der Waals surface area (Å²) in [7, 11) is 0. The zero-order valence-electron chi connectivity index (χ0n) is 11.1. The summed E-state index contributed by atoms with van der Waals surface area (Å²) in [4.78, 5) is 12.0. The number of carbonyl (C=O) groups excluding carboxylic acids is 1. The summed E-state index contributed by atoms with van der Waals surface area (Å²) < 4.78 is 1.68. The van der Waals surface area contributed by atoms with E-state index in [4.69, 9.17) is 11.6 Å². The molecule has 19 heavy (non-hydrogen) atoms. The van der Waals surface area contributed by atoms with Crippen molar-refractivity contribution in [1.82, 2.24) is 15.1 Å². The first-order chi connectivity index (χ1) is 9.00. The highest BCUT2D eigenvalue weighted by Crippen LogP contribution is 2.21. The second-order valence-electron chi connectivity index (χ2n) is 4.64. The third-order valence-electron chi connectivity index (χ3n) is 2.75. The summed E-state index contributed by atoms with van der Waals surface area (Å²) in [6.45, 7) is 5.70. The molecule has 0 atom stereocenters. The standard InChI is InChI=1S/C14H16ClN3O/c1-9(2)17-14(19)11-8-16-18(10(11)3)13-7-5-4-6-12(13)15/h4-9H,1-3H3,(H,17,19). The first-order valence-corrected chi connectivity index (χ1v) is 6.49. The summed E-state index contributed by atoms with van der Waals surface area (Å²) in [6.07, 6.45) is 1.57. The highest BCUT2D eigenvalue weighted by Gasteiger charge is 2.16. The van der Waals surface area contributed by atoms with E-state index in [9.17, 15) is 4.79 Å². The van der Waals surface area contributed by atoms with E-state index in [1.807, 2.05) is 39.0 Å². The molecular formula is C14H16ClN3O. The molecule has 0 aliphatic heterocycles. The maximum atomic E-state index is 12.0. The summed E-state index contributed by atoms with van der Waals surface area (Å²) in [5, 5.41) is 7.70. The van der Waals surface area contributed by atoms with Crippen LogP contribution in [0.1, 0.15) is 29.9 Å². The van der Waals surface area contributed by atoms with Crippen LogP contribution in [0, 0.1) is 6.92 Å². The lowest BCUT2D eigenvalue weighted by Gasteiger charge is -2.09.